The van der Waals surface area contributed by atoms with Gasteiger partial charge in [0, 0.05) is 6.42 Å². The highest BCUT2D eigenvalue weighted by atomic mass is 32.5. The number of nitrogens with two attached hydrogens (primary N) is 2. The molecule has 0 aliphatic carbocycles. The summed E-state index contributed by atoms with van der Waals surface area (Å²) in [6, 6.07) is 0. The predicted molar refractivity (Wildman–Crippen MR) is 151 cm³/mol. The van der Waals surface area contributed by atoms with Crippen LogP contribution in [0.3, 0.4) is 0 Å². The van der Waals surface area contributed by atoms with Gasteiger partial charge in [0.1, 0.15) is 35.6 Å². The van der Waals surface area contributed by atoms with Gasteiger partial charge in [0.15, 0.2) is 35.0 Å². The third-order valence-corrected chi connectivity index (χ3v) is 10.2. The number of aliphatic hydroxyl groups excluding tert-OH is 2. The summed E-state index contributed by atoms with van der Waals surface area (Å²) < 4.78 is 49.8. The Kier molecular flexibility index (Phi) is 8.11. The number of nitrogens with zero attached hydrogens (tertiary/aromatic N) is 7. The van der Waals surface area contributed by atoms with Crippen molar-refractivity contribution in [2.45, 2.75) is 53.9 Å². The van der Waals surface area contributed by atoms with E-state index < -0.39 is 66.4 Å². The van der Waals surface area contributed by atoms with Gasteiger partial charge < -0.3 is 35.8 Å². The number of hydrogen-bond donors (Lipinski definition) is 6. The molecule has 0 spiro atoms. The lowest BCUT2D eigenvalue weighted by atomic mass is 10.1. The summed E-state index contributed by atoms with van der Waals surface area (Å²) >= 11 is 6.09. The minimum atomic E-state index is -4.15. The lowest BCUT2D eigenvalue weighted by Crippen LogP contribution is -2.32. The molecule has 22 heteroatoms. The lowest BCUT2D eigenvalue weighted by molar-refractivity contribution is -0.0320. The van der Waals surface area contributed by atoms with Crippen molar-refractivity contribution in [1.82, 2.24) is 39.0 Å². The van der Waals surface area contributed by atoms with E-state index in [4.69, 9.17) is 37.1 Å². The fraction of sp³-hybridized carbons (Fsp3) is 0.524. The third-order valence-electron chi connectivity index (χ3n) is 7.04. The number of thioether (sulfide) groups is 1. The smallest absolute Gasteiger partial charge is 0.324 e. The molecular weight excluding hydrogens is 637 g/mol. The highest BCUT2D eigenvalue weighted by molar-refractivity contribution is 8.07. The highest BCUT2D eigenvalue weighted by Crippen LogP contribution is 2.54. The first-order valence-electron chi connectivity index (χ1n) is 12.7. The number of H-pyrrole nitrogens is 1. The lowest BCUT2D eigenvalue weighted by Gasteiger charge is -2.26. The zero-order valence-electron chi connectivity index (χ0n) is 21.8. The van der Waals surface area contributed by atoms with Gasteiger partial charge in [-0.25, -0.2) is 28.7 Å². The minimum absolute atomic E-state index is 0.0350. The van der Waals surface area contributed by atoms with E-state index in [0.717, 1.165) is 11.8 Å². The Morgan fingerprint density at radius 1 is 1.14 bits per heavy atom. The normalized spacial score (nSPS) is 30.8. The molecule has 0 radical (unpaired) electrons. The second-order valence-electron chi connectivity index (χ2n) is 9.71. The molecule has 0 bridgehead atoms. The molecule has 2 saturated heterocycles. The van der Waals surface area contributed by atoms with E-state index in [1.54, 1.807) is 0 Å². The van der Waals surface area contributed by atoms with Gasteiger partial charge >= 0.3 is 6.72 Å². The molecular formula is C21H25F2N10O7PS2. The summed E-state index contributed by atoms with van der Waals surface area (Å²) in [4.78, 5) is 45.4. The molecule has 0 saturated carbocycles. The minimum Gasteiger partial charge on any atom is -0.395 e. The van der Waals surface area contributed by atoms with Gasteiger partial charge in [0.25, 0.3) is 5.56 Å². The number of aromatic nitrogens is 8. The molecule has 4 aromatic rings. The summed E-state index contributed by atoms with van der Waals surface area (Å²) in [5.74, 6) is -0.103. The second kappa shape index (κ2) is 11.6. The number of anilines is 2. The number of alkyl halides is 2. The van der Waals surface area contributed by atoms with Gasteiger partial charge in [0.05, 0.1) is 37.2 Å². The van der Waals surface area contributed by atoms with Crippen LogP contribution in [0.15, 0.2) is 23.8 Å². The molecule has 17 nitrogen and oxygen atoms in total. The van der Waals surface area contributed by atoms with Gasteiger partial charge in [0.2, 0.25) is 5.95 Å². The van der Waals surface area contributed by atoms with Crippen molar-refractivity contribution in [2.24, 2.45) is 0 Å². The Morgan fingerprint density at radius 2 is 1.88 bits per heavy atom. The van der Waals surface area contributed by atoms with Crippen molar-refractivity contribution in [1.29, 1.82) is 0 Å². The fourth-order valence-corrected chi connectivity index (χ4v) is 7.93. The summed E-state index contributed by atoms with van der Waals surface area (Å²) in [6.45, 7) is -5.06. The first-order chi connectivity index (χ1) is 20.5. The Bertz CT molecular complexity index is 1760. The first-order valence-corrected chi connectivity index (χ1v) is 16.2. The molecule has 6 heterocycles. The quantitative estimate of drug-likeness (QED) is 0.126. The standard InChI is InChI=1S/C21H25F2N10O7PS2/c22-9-8(3-34)43-20(33-6-29-12-17(33)30-21(25)31-18(12)36)14(9)40-41(37,42)38-2-1-7-13(35)10(23)19(39-7)32-5-28-11-15(24)26-4-27-16(11)32/h4-10,13-14,19-20,34-35H,1-3H2,(H,37,42)(H2,24,26,27)(H3,25,30,31,36)/t7-,8-,9+,10+,13-,14-,19-,20-,41?/m1/s1. The molecule has 6 rings (SSSR count). The van der Waals surface area contributed by atoms with E-state index in [9.17, 15) is 19.9 Å². The maximum absolute atomic E-state index is 15.4. The van der Waals surface area contributed by atoms with Crippen molar-refractivity contribution >= 4 is 64.4 Å². The summed E-state index contributed by atoms with van der Waals surface area (Å²) in [6.07, 6.45) is -5.50. The van der Waals surface area contributed by atoms with Crippen LogP contribution in [0.5, 0.6) is 0 Å². The average molecular weight is 663 g/mol. The largest absolute Gasteiger partial charge is 0.395 e. The van der Waals surface area contributed by atoms with Gasteiger partial charge in [-0.2, -0.15) is 4.98 Å². The first kappa shape index (κ1) is 30.2. The van der Waals surface area contributed by atoms with Crippen LogP contribution in [0, 0.1) is 0 Å². The topological polar surface area (TPSA) is 248 Å². The molecule has 2 aliphatic rings. The van der Waals surface area contributed by atoms with Crippen molar-refractivity contribution in [3.05, 3.63) is 29.3 Å². The Morgan fingerprint density at radius 3 is 2.65 bits per heavy atom. The summed E-state index contributed by atoms with van der Waals surface area (Å²) in [5, 5.41) is 18.3. The monoisotopic (exact) mass is 662 g/mol. The molecule has 2 fully saturated rings. The van der Waals surface area contributed by atoms with Gasteiger partial charge in [-0.3, -0.25) is 23.4 Å². The number of nitrogens with one attached hydrogen (secondary N) is 1. The fourth-order valence-electron chi connectivity index (χ4n) is 5.00. The Balaban J connectivity index is 1.13. The van der Waals surface area contributed by atoms with E-state index in [2.05, 4.69) is 29.9 Å². The second-order valence-corrected chi connectivity index (χ2v) is 13.9. The van der Waals surface area contributed by atoms with E-state index in [1.807, 2.05) is 0 Å². The van der Waals surface area contributed by atoms with Crippen LogP contribution >= 0.6 is 18.5 Å². The molecule has 0 aromatic carbocycles. The number of aromatic amines is 1. The maximum atomic E-state index is 15.4. The molecule has 0 amide bonds. The molecule has 1 unspecified atom stereocenters. The molecule has 9 atom stereocenters. The van der Waals surface area contributed by atoms with Crippen molar-refractivity contribution in [3.8, 4) is 0 Å². The van der Waals surface area contributed by atoms with Crippen LogP contribution in [-0.4, -0.2) is 103 Å². The maximum Gasteiger partial charge on any atom is 0.324 e. The number of hydrogen-bond acceptors (Lipinski definition) is 15. The van der Waals surface area contributed by atoms with Crippen LogP contribution in [0.1, 0.15) is 18.0 Å². The molecule has 4 aromatic heterocycles. The van der Waals surface area contributed by atoms with Crippen molar-refractivity contribution in [2.75, 3.05) is 24.7 Å². The molecule has 2 aliphatic heterocycles. The van der Waals surface area contributed by atoms with E-state index in [0.29, 0.717) is 0 Å². The molecule has 232 valence electrons. The third kappa shape index (κ3) is 5.49. The van der Waals surface area contributed by atoms with Crippen LogP contribution < -0.4 is 17.0 Å². The van der Waals surface area contributed by atoms with Crippen LogP contribution in [0.2, 0.25) is 0 Å². The van der Waals surface area contributed by atoms with Crippen LogP contribution in [0.25, 0.3) is 22.3 Å². The number of aliphatic hydroxyl groups is 2. The zero-order valence-corrected chi connectivity index (χ0v) is 24.3. The average Bonchev–Trinajstić information content (AvgIpc) is 3.71. The number of ether oxygens (including phenoxy) is 1. The number of nitrogen functional groups attached to an aromatic ring is 2. The van der Waals surface area contributed by atoms with E-state index in [-0.39, 0.29) is 47.1 Å². The number of imidazole rings is 2. The van der Waals surface area contributed by atoms with Gasteiger partial charge in [-0.15, -0.1) is 11.8 Å². The highest BCUT2D eigenvalue weighted by Gasteiger charge is 2.49. The van der Waals surface area contributed by atoms with E-state index in [1.165, 1.54) is 28.1 Å². The van der Waals surface area contributed by atoms with Crippen molar-refractivity contribution < 1.29 is 37.7 Å². The Labute approximate surface area is 248 Å². The van der Waals surface area contributed by atoms with Crippen LogP contribution in [0.4, 0.5) is 20.5 Å². The SMILES string of the molecule is Nc1nc2c(ncn2[C@@H]2S[C@H](CO)[C@H](F)[C@H]2OP(O)(=S)OCC[C@H]2O[C@@H](n3cnc4c(N)ncnc43)[C@@H](F)[C@@H]2O)c(=O)[nH]1. The summed E-state index contributed by atoms with van der Waals surface area (Å²) in [5.41, 5.74) is 11.3. The summed E-state index contributed by atoms with van der Waals surface area (Å²) in [7, 11) is 0. The molecule has 8 N–H and O–H groups in total. The number of rotatable bonds is 9. The number of fused-ring (bicyclic) bond motifs is 2. The van der Waals surface area contributed by atoms with Crippen LogP contribution in [-0.2, 0) is 25.6 Å². The number of halogens is 2. The molecule has 43 heavy (non-hydrogen) atoms. The van der Waals surface area contributed by atoms with Crippen molar-refractivity contribution in [3.63, 3.8) is 0 Å². The van der Waals surface area contributed by atoms with Gasteiger partial charge in [-0.1, -0.05) is 0 Å². The van der Waals surface area contributed by atoms with Gasteiger partial charge in [-0.05, 0) is 11.8 Å². The predicted octanol–water partition coefficient (Wildman–Crippen LogP) is -0.327. The van der Waals surface area contributed by atoms with E-state index >= 15 is 8.78 Å². The Hall–Kier alpha value is -2.88. The zero-order chi connectivity index (χ0) is 30.6.